The molecule has 1 atom stereocenters. The molecule has 2 rings (SSSR count). The van der Waals surface area contributed by atoms with Crippen LogP contribution in [0.25, 0.3) is 0 Å². The van der Waals surface area contributed by atoms with E-state index in [2.05, 4.69) is 0 Å². The Hall–Kier alpha value is -1.54. The first-order valence-electron chi connectivity index (χ1n) is 8.53. The number of carbonyl (C=O) groups excluding carboxylic acids is 2. The number of sulfone groups is 1. The maximum atomic E-state index is 12.6. The summed E-state index contributed by atoms with van der Waals surface area (Å²) in [5.74, 6) is -0.641. The summed E-state index contributed by atoms with van der Waals surface area (Å²) in [7, 11) is -3.09. The molecule has 1 amide bonds. The van der Waals surface area contributed by atoms with Crippen molar-refractivity contribution in [2.24, 2.45) is 5.92 Å². The van der Waals surface area contributed by atoms with Crippen LogP contribution in [0.5, 0.6) is 0 Å². The molecule has 1 aliphatic rings. The van der Waals surface area contributed by atoms with E-state index in [1.165, 1.54) is 0 Å². The van der Waals surface area contributed by atoms with Crippen LogP contribution in [0.15, 0.2) is 29.2 Å². The number of hydrogen-bond acceptors (Lipinski definition) is 6. The van der Waals surface area contributed by atoms with E-state index in [0.717, 1.165) is 4.90 Å². The topological polar surface area (TPSA) is 80.8 Å². The Morgan fingerprint density at radius 2 is 1.92 bits per heavy atom. The van der Waals surface area contributed by atoms with Gasteiger partial charge in [-0.3, -0.25) is 4.79 Å². The van der Waals surface area contributed by atoms with Crippen molar-refractivity contribution in [2.75, 3.05) is 30.9 Å². The molecule has 0 radical (unpaired) electrons. The predicted octanol–water partition coefficient (Wildman–Crippen LogP) is 2.24. The van der Waals surface area contributed by atoms with E-state index in [1.807, 2.05) is 32.2 Å². The molecule has 144 valence electrons. The number of rotatable bonds is 7. The van der Waals surface area contributed by atoms with Crippen molar-refractivity contribution in [2.45, 2.75) is 31.2 Å². The number of amides is 1. The van der Waals surface area contributed by atoms with Gasteiger partial charge < -0.3 is 9.64 Å². The molecule has 6 nitrogen and oxygen atoms in total. The summed E-state index contributed by atoms with van der Waals surface area (Å²) in [5, 5.41) is 0. The Labute approximate surface area is 159 Å². The molecule has 0 saturated carbocycles. The van der Waals surface area contributed by atoms with Gasteiger partial charge >= 0.3 is 5.97 Å². The number of benzene rings is 1. The Morgan fingerprint density at radius 1 is 1.27 bits per heavy atom. The standard InChI is InChI=1S/C18H25NO5S2/c1-13(2)10-19(15-8-9-26(22,23)12-15)17(20)11-24-18(21)14-4-6-16(25-3)7-5-14/h4-7,13,15H,8-12H2,1-3H3/t15-/m1/s1. The molecule has 0 spiro atoms. The highest BCUT2D eigenvalue weighted by Crippen LogP contribution is 2.20. The fraction of sp³-hybridized carbons (Fsp3) is 0.556. The molecule has 0 aromatic heterocycles. The van der Waals surface area contributed by atoms with Crippen LogP contribution < -0.4 is 0 Å². The maximum absolute atomic E-state index is 12.6. The number of nitrogens with zero attached hydrogens (tertiary/aromatic N) is 1. The lowest BCUT2D eigenvalue weighted by molar-refractivity contribution is -0.137. The van der Waals surface area contributed by atoms with Gasteiger partial charge in [-0.05, 0) is 42.9 Å². The lowest BCUT2D eigenvalue weighted by atomic mass is 10.1. The Bertz CT molecular complexity index is 743. The summed E-state index contributed by atoms with van der Waals surface area (Å²) < 4.78 is 28.6. The minimum Gasteiger partial charge on any atom is -0.452 e. The molecule has 1 fully saturated rings. The van der Waals surface area contributed by atoms with Gasteiger partial charge in [0.2, 0.25) is 0 Å². The van der Waals surface area contributed by atoms with Crippen LogP contribution in [0.1, 0.15) is 30.6 Å². The van der Waals surface area contributed by atoms with Gasteiger partial charge in [-0.1, -0.05) is 13.8 Å². The summed E-state index contributed by atoms with van der Waals surface area (Å²) >= 11 is 1.57. The zero-order valence-corrected chi connectivity index (χ0v) is 16.9. The third-order valence-electron chi connectivity index (χ3n) is 4.18. The third kappa shape index (κ3) is 5.74. The SMILES string of the molecule is CSc1ccc(C(=O)OCC(=O)N(CC(C)C)[C@@H]2CCS(=O)(=O)C2)cc1. The summed E-state index contributed by atoms with van der Waals surface area (Å²) in [6, 6.07) is 6.62. The van der Waals surface area contributed by atoms with E-state index in [9.17, 15) is 18.0 Å². The number of esters is 1. The zero-order chi connectivity index (χ0) is 19.3. The molecule has 26 heavy (non-hydrogen) atoms. The molecule has 1 saturated heterocycles. The lowest BCUT2D eigenvalue weighted by Crippen LogP contribution is -2.45. The van der Waals surface area contributed by atoms with Gasteiger partial charge in [-0.2, -0.15) is 0 Å². The molecule has 0 aliphatic carbocycles. The van der Waals surface area contributed by atoms with Gasteiger partial charge in [0.15, 0.2) is 16.4 Å². The lowest BCUT2D eigenvalue weighted by Gasteiger charge is -2.29. The summed E-state index contributed by atoms with van der Waals surface area (Å²) in [5.41, 5.74) is 0.384. The van der Waals surface area contributed by atoms with Gasteiger partial charge in [0, 0.05) is 17.5 Å². The van der Waals surface area contributed by atoms with Crippen LogP contribution in [0.3, 0.4) is 0 Å². The van der Waals surface area contributed by atoms with Gasteiger partial charge in [0.1, 0.15) is 0 Å². The van der Waals surface area contributed by atoms with E-state index in [0.29, 0.717) is 18.5 Å². The summed E-state index contributed by atoms with van der Waals surface area (Å²) in [6.07, 6.45) is 2.38. The van der Waals surface area contributed by atoms with Crippen molar-refractivity contribution in [1.82, 2.24) is 4.90 Å². The molecule has 1 aliphatic heterocycles. The van der Waals surface area contributed by atoms with Crippen molar-refractivity contribution in [1.29, 1.82) is 0 Å². The van der Waals surface area contributed by atoms with Crippen LogP contribution in [-0.2, 0) is 19.4 Å². The maximum Gasteiger partial charge on any atom is 0.338 e. The highest BCUT2D eigenvalue weighted by Gasteiger charge is 2.35. The van der Waals surface area contributed by atoms with E-state index in [-0.39, 0.29) is 36.0 Å². The van der Waals surface area contributed by atoms with Crippen molar-refractivity contribution >= 4 is 33.5 Å². The third-order valence-corrected chi connectivity index (χ3v) is 6.68. The molecular formula is C18H25NO5S2. The Morgan fingerprint density at radius 3 is 2.42 bits per heavy atom. The van der Waals surface area contributed by atoms with Crippen molar-refractivity contribution < 1.29 is 22.7 Å². The summed E-state index contributed by atoms with van der Waals surface area (Å²) in [4.78, 5) is 27.3. The predicted molar refractivity (Wildman–Crippen MR) is 102 cm³/mol. The average molecular weight is 400 g/mol. The molecular weight excluding hydrogens is 374 g/mol. The van der Waals surface area contributed by atoms with Gasteiger partial charge in [0.25, 0.3) is 5.91 Å². The fourth-order valence-electron chi connectivity index (χ4n) is 2.89. The normalized spacial score (nSPS) is 18.7. The molecule has 1 aromatic carbocycles. The molecule has 0 N–H and O–H groups in total. The van der Waals surface area contributed by atoms with Crippen molar-refractivity contribution in [3.63, 3.8) is 0 Å². The van der Waals surface area contributed by atoms with Crippen LogP contribution in [0.4, 0.5) is 0 Å². The second-order valence-electron chi connectivity index (χ2n) is 6.80. The highest BCUT2D eigenvalue weighted by atomic mass is 32.2. The van der Waals surface area contributed by atoms with Gasteiger partial charge in [-0.25, -0.2) is 13.2 Å². The van der Waals surface area contributed by atoms with Crippen molar-refractivity contribution in [3.05, 3.63) is 29.8 Å². The molecule has 0 unspecified atom stereocenters. The molecule has 1 aromatic rings. The minimum atomic E-state index is -3.09. The van der Waals surface area contributed by atoms with Crippen LogP contribution >= 0.6 is 11.8 Å². The Kier molecular flexibility index (Phi) is 7.11. The second kappa shape index (κ2) is 8.90. The molecule has 1 heterocycles. The first-order chi connectivity index (χ1) is 12.2. The number of hydrogen-bond donors (Lipinski definition) is 0. The molecule has 0 bridgehead atoms. The van der Waals surface area contributed by atoms with Crippen LogP contribution in [0.2, 0.25) is 0 Å². The quantitative estimate of drug-likeness (QED) is 0.517. The van der Waals surface area contributed by atoms with Crippen molar-refractivity contribution in [3.8, 4) is 0 Å². The fourth-order valence-corrected chi connectivity index (χ4v) is 5.03. The largest absolute Gasteiger partial charge is 0.452 e. The summed E-state index contributed by atoms with van der Waals surface area (Å²) in [6.45, 7) is 3.98. The van der Waals surface area contributed by atoms with E-state index in [4.69, 9.17) is 4.74 Å². The number of thioether (sulfide) groups is 1. The Balaban J connectivity index is 1.98. The zero-order valence-electron chi connectivity index (χ0n) is 15.3. The number of ether oxygens (including phenoxy) is 1. The average Bonchev–Trinajstić information content (AvgIpc) is 2.96. The van der Waals surface area contributed by atoms with Crippen LogP contribution in [-0.4, -0.2) is 62.1 Å². The monoisotopic (exact) mass is 399 g/mol. The van der Waals surface area contributed by atoms with Crippen LogP contribution in [0, 0.1) is 5.92 Å². The van der Waals surface area contributed by atoms with Gasteiger partial charge in [0.05, 0.1) is 17.1 Å². The van der Waals surface area contributed by atoms with Gasteiger partial charge in [-0.15, -0.1) is 11.8 Å². The molecule has 8 heteroatoms. The first-order valence-corrected chi connectivity index (χ1v) is 11.6. The van der Waals surface area contributed by atoms with E-state index >= 15 is 0 Å². The smallest absolute Gasteiger partial charge is 0.338 e. The van der Waals surface area contributed by atoms with E-state index in [1.54, 1.807) is 28.8 Å². The number of carbonyl (C=O) groups is 2. The van der Waals surface area contributed by atoms with E-state index < -0.39 is 15.8 Å². The second-order valence-corrected chi connectivity index (χ2v) is 9.91. The minimum absolute atomic E-state index is 0.0183. The first kappa shape index (κ1) is 20.8. The highest BCUT2D eigenvalue weighted by molar-refractivity contribution is 7.98.